The third-order valence-corrected chi connectivity index (χ3v) is 7.29. The van der Waals surface area contributed by atoms with Crippen molar-refractivity contribution in [3.63, 3.8) is 0 Å². The average Bonchev–Trinajstić information content (AvgIpc) is 2.86. The number of benzene rings is 2. The maximum absolute atomic E-state index is 12.8. The molecule has 2 aromatic carbocycles. The van der Waals surface area contributed by atoms with Crippen LogP contribution in [0.5, 0.6) is 11.5 Å². The van der Waals surface area contributed by atoms with Crippen molar-refractivity contribution in [3.05, 3.63) is 95.0 Å². The van der Waals surface area contributed by atoms with Crippen LogP contribution in [0.1, 0.15) is 41.0 Å². The van der Waals surface area contributed by atoms with Gasteiger partial charge in [0.2, 0.25) is 5.66 Å². The van der Waals surface area contributed by atoms with Crippen LogP contribution in [0.2, 0.25) is 0 Å². The second-order valence-corrected chi connectivity index (χ2v) is 10.2. The van der Waals surface area contributed by atoms with Crippen LogP contribution < -0.4 is 9.05 Å². The van der Waals surface area contributed by atoms with Crippen LogP contribution in [0.3, 0.4) is 0 Å². The van der Waals surface area contributed by atoms with Crippen molar-refractivity contribution in [1.82, 2.24) is 0 Å². The third kappa shape index (κ3) is 7.92. The van der Waals surface area contributed by atoms with Crippen LogP contribution in [-0.4, -0.2) is 15.9 Å². The van der Waals surface area contributed by atoms with Gasteiger partial charge in [-0.1, -0.05) is 36.9 Å². The van der Waals surface area contributed by atoms with Gasteiger partial charge >= 0.3 is 16.7 Å². The molecule has 2 atom stereocenters. The summed E-state index contributed by atoms with van der Waals surface area (Å²) in [5, 5.41) is 20.6. The first-order chi connectivity index (χ1) is 16.5. The highest BCUT2D eigenvalue weighted by Gasteiger charge is 2.33. The van der Waals surface area contributed by atoms with Crippen molar-refractivity contribution in [3.8, 4) is 22.6 Å². The van der Waals surface area contributed by atoms with Crippen LogP contribution in [0.25, 0.3) is 11.1 Å². The van der Waals surface area contributed by atoms with E-state index in [1.807, 2.05) is 30.3 Å². The van der Waals surface area contributed by atoms with Gasteiger partial charge in [0.05, 0.1) is 0 Å². The van der Waals surface area contributed by atoms with E-state index in [1.54, 1.807) is 58.9 Å². The fraction of sp³-hybridized carbons (Fsp3) is 0.259. The Kier molecular flexibility index (Phi) is 10.4. The van der Waals surface area contributed by atoms with Gasteiger partial charge in [0.25, 0.3) is 0 Å². The van der Waals surface area contributed by atoms with Gasteiger partial charge in [-0.25, -0.2) is 4.57 Å². The minimum absolute atomic E-state index is 0.0614. The van der Waals surface area contributed by atoms with E-state index in [0.29, 0.717) is 34.6 Å². The number of aliphatic hydroxyl groups excluding tert-OH is 2. The molecule has 0 radical (unpaired) electrons. The summed E-state index contributed by atoms with van der Waals surface area (Å²) in [7, 11) is -2.53. The lowest BCUT2D eigenvalue weighted by Crippen LogP contribution is -2.05. The highest BCUT2D eigenvalue weighted by Crippen LogP contribution is 2.38. The van der Waals surface area contributed by atoms with Gasteiger partial charge in [-0.3, -0.25) is 4.52 Å². The molecule has 2 rings (SSSR count). The number of hydrogen-bond donors (Lipinski definition) is 2. The van der Waals surface area contributed by atoms with Crippen molar-refractivity contribution < 1.29 is 28.4 Å². The number of allylic oxidation sites excluding steroid dienone is 5. The molecule has 2 aromatic rings. The molecule has 35 heavy (non-hydrogen) atoms. The van der Waals surface area contributed by atoms with Gasteiger partial charge in [-0.2, -0.15) is 0 Å². The Hall–Kier alpha value is -3.20. The van der Waals surface area contributed by atoms with Crippen molar-refractivity contribution in [2.45, 2.75) is 46.7 Å². The molecule has 0 fully saturated rings. The van der Waals surface area contributed by atoms with E-state index < -0.39 is 22.4 Å². The maximum Gasteiger partial charge on any atom is 0.563 e. The third-order valence-electron chi connectivity index (χ3n) is 5.59. The van der Waals surface area contributed by atoms with E-state index >= 15 is 0 Å². The Morgan fingerprint density at radius 3 is 1.97 bits per heavy atom. The molecule has 0 bridgehead atoms. The summed E-state index contributed by atoms with van der Waals surface area (Å²) >= 11 is 0. The van der Waals surface area contributed by atoms with E-state index in [2.05, 4.69) is 6.58 Å². The first kappa shape index (κ1) is 28.0. The predicted octanol–water partition coefficient (Wildman–Crippen LogP) is 9.03. The molecule has 0 spiro atoms. The Balaban J connectivity index is 2.08. The minimum atomic E-state index is -2.13. The van der Waals surface area contributed by atoms with Gasteiger partial charge in [0.15, 0.2) is 5.75 Å². The maximum atomic E-state index is 12.8. The smallest absolute Gasteiger partial charge is 0.508 e. The van der Waals surface area contributed by atoms with Gasteiger partial charge in [0, 0.05) is 5.57 Å². The van der Waals surface area contributed by atoms with Crippen molar-refractivity contribution in [2.75, 3.05) is 0 Å². The number of aliphatic hydroxyl groups is 2. The zero-order valence-corrected chi connectivity index (χ0v) is 22.4. The van der Waals surface area contributed by atoms with E-state index in [4.69, 9.17) is 9.05 Å². The fourth-order valence-corrected chi connectivity index (χ4v) is 4.31. The molecule has 0 aliphatic carbocycles. The van der Waals surface area contributed by atoms with Crippen molar-refractivity contribution >= 4 is 16.7 Å². The molecule has 0 aliphatic rings. The predicted molar refractivity (Wildman–Crippen MR) is 142 cm³/mol. The largest absolute Gasteiger partial charge is 0.563 e. The van der Waals surface area contributed by atoms with Gasteiger partial charge in [0.1, 0.15) is 17.3 Å². The SMILES string of the molecule is C=C(C)C(O)=C(C)CC=C(C)C(O)=C(C)C(C)[P+](=O)Oc1ccc(-c2ccc(OP=O)cc2)cc1. The van der Waals surface area contributed by atoms with Gasteiger partial charge < -0.3 is 14.7 Å². The van der Waals surface area contributed by atoms with E-state index in [9.17, 15) is 19.3 Å². The molecule has 0 amide bonds. The van der Waals surface area contributed by atoms with Crippen LogP contribution in [0.4, 0.5) is 0 Å². The molecule has 6 nitrogen and oxygen atoms in total. The molecule has 0 heterocycles. The lowest BCUT2D eigenvalue weighted by atomic mass is 10.0. The molecule has 0 aromatic heterocycles. The Morgan fingerprint density at radius 2 is 1.49 bits per heavy atom. The van der Waals surface area contributed by atoms with E-state index in [1.165, 1.54) is 0 Å². The molecule has 0 saturated carbocycles. The van der Waals surface area contributed by atoms with Gasteiger partial charge in [-0.05, 0) is 97.7 Å². The zero-order chi connectivity index (χ0) is 26.1. The summed E-state index contributed by atoms with van der Waals surface area (Å²) < 4.78 is 33.9. The molecular weight excluding hydrogens is 482 g/mol. The van der Waals surface area contributed by atoms with Crippen LogP contribution in [-0.2, 0) is 9.13 Å². The molecule has 2 N–H and O–H groups in total. The number of rotatable bonds is 11. The molecule has 0 saturated heterocycles. The molecular formula is C27H31O6P2+. The highest BCUT2D eigenvalue weighted by atomic mass is 31.1. The summed E-state index contributed by atoms with van der Waals surface area (Å²) in [6.45, 7) is 12.5. The average molecular weight is 513 g/mol. The lowest BCUT2D eigenvalue weighted by molar-refractivity contribution is 0.411. The summed E-state index contributed by atoms with van der Waals surface area (Å²) in [6.07, 6.45) is 2.27. The van der Waals surface area contributed by atoms with Crippen molar-refractivity contribution in [2.24, 2.45) is 0 Å². The lowest BCUT2D eigenvalue weighted by Gasteiger charge is -2.09. The standard InChI is InChI=1S/C27H30O6P2/c1-17(2)26(28)18(3)7-8-19(4)27(29)20(5)21(6)35(31)33-25-15-11-23(12-16-25)22-9-13-24(14-10-22)32-34-30/h8-16,21H,1,7H2,2-6H3,(H-,28,29)/p+1. The molecule has 0 aliphatic heterocycles. The van der Waals surface area contributed by atoms with E-state index in [0.717, 1.165) is 16.7 Å². The number of hydrogen-bond acceptors (Lipinski definition) is 6. The topological polar surface area (TPSA) is 93.1 Å². The molecule has 2 unspecified atom stereocenters. The summed E-state index contributed by atoms with van der Waals surface area (Å²) in [5.41, 5.74) is 3.88. The van der Waals surface area contributed by atoms with E-state index in [-0.39, 0.29) is 11.5 Å². The Morgan fingerprint density at radius 1 is 0.971 bits per heavy atom. The molecule has 184 valence electrons. The first-order valence-electron chi connectivity index (χ1n) is 11.0. The normalized spacial score (nSPS) is 14.5. The quantitative estimate of drug-likeness (QED) is 0.177. The van der Waals surface area contributed by atoms with Gasteiger partial charge in [-0.15, -0.1) is 0 Å². The monoisotopic (exact) mass is 513 g/mol. The van der Waals surface area contributed by atoms with Crippen LogP contribution in [0, 0.1) is 0 Å². The van der Waals surface area contributed by atoms with Crippen molar-refractivity contribution in [1.29, 1.82) is 0 Å². The van der Waals surface area contributed by atoms with Crippen LogP contribution >= 0.6 is 16.7 Å². The summed E-state index contributed by atoms with van der Waals surface area (Å²) in [6, 6.07) is 14.3. The summed E-state index contributed by atoms with van der Waals surface area (Å²) in [4.78, 5) is 0. The first-order valence-corrected chi connectivity index (χ1v) is 13.0. The highest BCUT2D eigenvalue weighted by molar-refractivity contribution is 7.40. The Labute approximate surface area is 209 Å². The second kappa shape index (κ2) is 13.0. The second-order valence-electron chi connectivity index (χ2n) is 8.30. The summed E-state index contributed by atoms with van der Waals surface area (Å²) in [5.74, 6) is 1.19. The Bertz CT molecular complexity index is 1180. The van der Waals surface area contributed by atoms with Crippen LogP contribution in [0.15, 0.2) is 95.0 Å². The molecule has 8 heteroatoms. The fourth-order valence-electron chi connectivity index (χ4n) is 3.17. The zero-order valence-electron chi connectivity index (χ0n) is 20.6. The minimum Gasteiger partial charge on any atom is -0.508 e.